The molecule has 5 rings (SSSR count). The van der Waals surface area contributed by atoms with Crippen molar-refractivity contribution in [2.45, 2.75) is 43.4 Å². The number of aromatic nitrogens is 2. The van der Waals surface area contributed by atoms with Gasteiger partial charge in [-0.1, -0.05) is 11.6 Å². The molecule has 0 saturated heterocycles. The van der Waals surface area contributed by atoms with Gasteiger partial charge in [-0.25, -0.2) is 18.7 Å². The zero-order valence-corrected chi connectivity index (χ0v) is 15.9. The molecule has 1 aromatic heterocycles. The highest BCUT2D eigenvalue weighted by Crippen LogP contribution is 2.61. The number of hydrogen-bond acceptors (Lipinski definition) is 5. The van der Waals surface area contributed by atoms with Gasteiger partial charge >= 0.3 is 0 Å². The Balaban J connectivity index is 1.24. The number of amides is 1. The van der Waals surface area contributed by atoms with Crippen LogP contribution in [-0.4, -0.2) is 33.6 Å². The number of rotatable bonds is 7. The second-order valence-electron chi connectivity index (χ2n) is 7.58. The molecule has 0 radical (unpaired) electrons. The predicted octanol–water partition coefficient (Wildman–Crippen LogP) is 3.58. The summed E-state index contributed by atoms with van der Waals surface area (Å²) in [6, 6.07) is 4.03. The summed E-state index contributed by atoms with van der Waals surface area (Å²) >= 11 is 5.61. The van der Waals surface area contributed by atoms with Crippen molar-refractivity contribution >= 4 is 23.5 Å². The summed E-state index contributed by atoms with van der Waals surface area (Å²) in [6.07, 6.45) is 4.11. The van der Waals surface area contributed by atoms with Gasteiger partial charge in [0, 0.05) is 35.1 Å². The van der Waals surface area contributed by atoms with Gasteiger partial charge in [-0.3, -0.25) is 4.79 Å². The van der Waals surface area contributed by atoms with E-state index >= 15 is 0 Å². The van der Waals surface area contributed by atoms with Crippen LogP contribution in [0.4, 0.5) is 14.7 Å². The lowest BCUT2D eigenvalue weighted by atomic mass is 9.44. The Morgan fingerprint density at radius 1 is 1.29 bits per heavy atom. The van der Waals surface area contributed by atoms with Gasteiger partial charge in [0.25, 0.3) is 5.91 Å². The Morgan fingerprint density at radius 2 is 1.96 bits per heavy atom. The lowest BCUT2D eigenvalue weighted by molar-refractivity contribution is -0.135. The summed E-state index contributed by atoms with van der Waals surface area (Å²) in [5.74, 6) is -0.155. The monoisotopic (exact) mass is 408 g/mol. The maximum absolute atomic E-state index is 13.4. The van der Waals surface area contributed by atoms with Crippen LogP contribution < -0.4 is 15.4 Å². The van der Waals surface area contributed by atoms with Crippen LogP contribution >= 0.6 is 11.6 Å². The number of anilines is 1. The van der Waals surface area contributed by atoms with Crippen molar-refractivity contribution in [3.05, 3.63) is 47.0 Å². The van der Waals surface area contributed by atoms with Crippen molar-refractivity contribution in [1.29, 1.82) is 0 Å². The minimum Gasteiger partial charge on any atom is -0.484 e. The fourth-order valence-corrected chi connectivity index (χ4v) is 4.06. The van der Waals surface area contributed by atoms with Crippen molar-refractivity contribution in [2.24, 2.45) is 0 Å². The molecule has 0 spiro atoms. The molecule has 3 saturated carbocycles. The third kappa shape index (κ3) is 3.61. The van der Waals surface area contributed by atoms with Crippen LogP contribution in [0.3, 0.4) is 0 Å². The van der Waals surface area contributed by atoms with Crippen LogP contribution in [0.5, 0.6) is 5.75 Å². The van der Waals surface area contributed by atoms with Crippen LogP contribution in [0.15, 0.2) is 30.6 Å². The lowest BCUT2D eigenvalue weighted by Crippen LogP contribution is -2.81. The molecule has 28 heavy (non-hydrogen) atoms. The van der Waals surface area contributed by atoms with E-state index in [-0.39, 0.29) is 34.4 Å². The summed E-state index contributed by atoms with van der Waals surface area (Å²) < 4.78 is 31.9. The number of halogens is 3. The SMILES string of the molecule is CC(F)c1cnc(NC23CC(NC(=O)COc4ccc(Cl)c(F)c4)(C2)C3)nc1. The van der Waals surface area contributed by atoms with Crippen molar-refractivity contribution < 1.29 is 18.3 Å². The normalized spacial score (nSPS) is 25.9. The standard InChI is InChI=1S/C19H19ClF2N4O2/c1-11(21)12-5-23-17(24-6-12)26-19-8-18(9-19,10-19)25-16(27)7-28-13-2-3-14(20)15(22)4-13/h2-6,11H,7-10H2,1H3,(H,25,27)(H,23,24,26). The van der Waals surface area contributed by atoms with E-state index in [2.05, 4.69) is 20.6 Å². The summed E-state index contributed by atoms with van der Waals surface area (Å²) in [7, 11) is 0. The summed E-state index contributed by atoms with van der Waals surface area (Å²) in [6.45, 7) is 1.24. The molecule has 3 aliphatic rings. The molecule has 1 unspecified atom stereocenters. The zero-order chi connectivity index (χ0) is 19.9. The Bertz CT molecular complexity index is 888. The smallest absolute Gasteiger partial charge is 0.258 e. The number of alkyl halides is 1. The van der Waals surface area contributed by atoms with Gasteiger partial charge in [-0.15, -0.1) is 0 Å². The number of ether oxygens (including phenoxy) is 1. The molecule has 3 fully saturated rings. The third-order valence-electron chi connectivity index (χ3n) is 5.20. The van der Waals surface area contributed by atoms with E-state index in [0.29, 0.717) is 11.5 Å². The van der Waals surface area contributed by atoms with E-state index in [0.717, 1.165) is 25.3 Å². The molecule has 148 valence electrons. The Kier molecular flexibility index (Phi) is 4.61. The fourth-order valence-electron chi connectivity index (χ4n) is 3.95. The van der Waals surface area contributed by atoms with Gasteiger partial charge in [0.2, 0.25) is 5.95 Å². The highest BCUT2D eigenvalue weighted by atomic mass is 35.5. The van der Waals surface area contributed by atoms with E-state index in [1.54, 1.807) is 0 Å². The van der Waals surface area contributed by atoms with Crippen molar-refractivity contribution in [1.82, 2.24) is 15.3 Å². The Hall–Kier alpha value is -2.48. The van der Waals surface area contributed by atoms with Crippen LogP contribution in [-0.2, 0) is 4.79 Å². The molecule has 6 nitrogen and oxygen atoms in total. The topological polar surface area (TPSA) is 76.1 Å². The average molecular weight is 409 g/mol. The minimum absolute atomic E-state index is 0.00120. The van der Waals surface area contributed by atoms with Gasteiger partial charge < -0.3 is 15.4 Å². The molecule has 1 heterocycles. The first-order valence-electron chi connectivity index (χ1n) is 8.91. The molecule has 3 aliphatic carbocycles. The number of carbonyl (C=O) groups excluding carboxylic acids is 1. The largest absolute Gasteiger partial charge is 0.484 e. The van der Waals surface area contributed by atoms with E-state index in [9.17, 15) is 13.6 Å². The molecule has 1 aromatic carbocycles. The third-order valence-corrected chi connectivity index (χ3v) is 5.51. The maximum Gasteiger partial charge on any atom is 0.258 e. The van der Waals surface area contributed by atoms with Gasteiger partial charge in [0.05, 0.1) is 5.02 Å². The number of benzene rings is 1. The van der Waals surface area contributed by atoms with Gasteiger partial charge in [0.1, 0.15) is 17.7 Å². The first kappa shape index (κ1) is 18.9. The van der Waals surface area contributed by atoms with Crippen LogP contribution in [0.25, 0.3) is 0 Å². The highest BCUT2D eigenvalue weighted by Gasteiger charge is 2.69. The number of nitrogens with one attached hydrogen (secondary N) is 2. The van der Waals surface area contributed by atoms with Crippen LogP contribution in [0.2, 0.25) is 5.02 Å². The van der Waals surface area contributed by atoms with Gasteiger partial charge in [-0.2, -0.15) is 0 Å². The minimum atomic E-state index is -1.10. The Labute approximate surface area is 165 Å². The van der Waals surface area contributed by atoms with Crippen LogP contribution in [0.1, 0.15) is 37.9 Å². The highest BCUT2D eigenvalue weighted by molar-refractivity contribution is 6.30. The van der Waals surface area contributed by atoms with E-state index in [4.69, 9.17) is 16.3 Å². The second-order valence-corrected chi connectivity index (χ2v) is 7.99. The van der Waals surface area contributed by atoms with Gasteiger partial charge in [0.15, 0.2) is 6.61 Å². The Morgan fingerprint density at radius 3 is 2.57 bits per heavy atom. The predicted molar refractivity (Wildman–Crippen MR) is 99.5 cm³/mol. The van der Waals surface area contributed by atoms with Crippen molar-refractivity contribution in [3.63, 3.8) is 0 Å². The number of hydrogen-bond donors (Lipinski definition) is 2. The summed E-state index contributed by atoms with van der Waals surface area (Å²) in [5, 5.41) is 6.25. The second kappa shape index (κ2) is 6.84. The number of carbonyl (C=O) groups is 1. The van der Waals surface area contributed by atoms with E-state index in [1.165, 1.54) is 31.5 Å². The molecular formula is C19H19ClF2N4O2. The average Bonchev–Trinajstić information content (AvgIpc) is 2.60. The molecular weight excluding hydrogens is 390 g/mol. The first-order chi connectivity index (χ1) is 13.3. The quantitative estimate of drug-likeness (QED) is 0.732. The van der Waals surface area contributed by atoms with Crippen molar-refractivity contribution in [2.75, 3.05) is 11.9 Å². The molecule has 1 amide bonds. The molecule has 2 N–H and O–H groups in total. The molecule has 1 atom stereocenters. The molecule has 0 aliphatic heterocycles. The lowest BCUT2D eigenvalue weighted by Gasteiger charge is -2.70. The summed E-state index contributed by atoms with van der Waals surface area (Å²) in [4.78, 5) is 20.4. The van der Waals surface area contributed by atoms with Crippen LogP contribution in [0, 0.1) is 5.82 Å². The first-order valence-corrected chi connectivity index (χ1v) is 9.29. The van der Waals surface area contributed by atoms with E-state index in [1.807, 2.05) is 0 Å². The molecule has 2 bridgehead atoms. The molecule has 9 heteroatoms. The van der Waals surface area contributed by atoms with Crippen molar-refractivity contribution in [3.8, 4) is 5.75 Å². The summed E-state index contributed by atoms with van der Waals surface area (Å²) in [5.41, 5.74) is 0.0648. The number of nitrogens with zero attached hydrogens (tertiary/aromatic N) is 2. The zero-order valence-electron chi connectivity index (χ0n) is 15.1. The molecule has 2 aromatic rings. The van der Waals surface area contributed by atoms with E-state index < -0.39 is 12.0 Å². The fraction of sp³-hybridized carbons (Fsp3) is 0.421. The van der Waals surface area contributed by atoms with Gasteiger partial charge in [-0.05, 0) is 38.3 Å². The maximum atomic E-state index is 13.4.